The zero-order valence-electron chi connectivity index (χ0n) is 14.0. The normalized spacial score (nSPS) is 12.0. The fourth-order valence-corrected chi connectivity index (χ4v) is 3.29. The van der Waals surface area contributed by atoms with Crippen LogP contribution in [0.5, 0.6) is 0 Å². The first kappa shape index (κ1) is 19.3. The molecule has 134 valence electrons. The molecule has 1 aromatic heterocycles. The lowest BCUT2D eigenvalue weighted by Crippen LogP contribution is -2.23. The number of rotatable bonds is 8. The Kier molecular flexibility index (Phi) is 6.83. The Hall–Kier alpha value is -2.06. The number of halogens is 1. The van der Waals surface area contributed by atoms with Crippen molar-refractivity contribution in [3.8, 4) is 0 Å². The summed E-state index contributed by atoms with van der Waals surface area (Å²) in [6.45, 7) is 4.40. The van der Waals surface area contributed by atoms with Crippen LogP contribution < -0.4 is 11.1 Å². The van der Waals surface area contributed by atoms with E-state index in [1.54, 1.807) is 31.2 Å². The summed E-state index contributed by atoms with van der Waals surface area (Å²) in [4.78, 5) is 23.3. The van der Waals surface area contributed by atoms with E-state index < -0.39 is 0 Å². The third kappa shape index (κ3) is 5.47. The molecule has 7 nitrogen and oxygen atoms in total. The van der Waals surface area contributed by atoms with Crippen molar-refractivity contribution in [1.82, 2.24) is 14.8 Å². The number of benzene rings is 1. The highest BCUT2D eigenvalue weighted by molar-refractivity contribution is 8.00. The van der Waals surface area contributed by atoms with Crippen LogP contribution in [0.1, 0.15) is 26.1 Å². The second kappa shape index (κ2) is 8.87. The molecule has 2 rings (SSSR count). The number of aryl methyl sites for hydroxylation is 1. The van der Waals surface area contributed by atoms with Gasteiger partial charge in [-0.2, -0.15) is 0 Å². The molecule has 0 radical (unpaired) electrons. The molecule has 3 N–H and O–H groups in total. The molecule has 0 unspecified atom stereocenters. The molecule has 0 saturated carbocycles. The maximum absolute atomic E-state index is 12.4. The first-order valence-corrected chi connectivity index (χ1v) is 9.10. The van der Waals surface area contributed by atoms with Crippen molar-refractivity contribution < 1.29 is 9.59 Å². The van der Waals surface area contributed by atoms with Gasteiger partial charge in [-0.15, -0.1) is 10.2 Å². The van der Waals surface area contributed by atoms with Gasteiger partial charge in [0.05, 0.1) is 5.25 Å². The fourth-order valence-electron chi connectivity index (χ4n) is 2.17. The maximum Gasteiger partial charge on any atom is 0.237 e. The third-order valence-corrected chi connectivity index (χ3v) is 4.76. The maximum atomic E-state index is 12.4. The summed E-state index contributed by atoms with van der Waals surface area (Å²) in [5, 5.41) is 11.9. The van der Waals surface area contributed by atoms with Crippen molar-refractivity contribution in [2.45, 2.75) is 43.6 Å². The second-order valence-electron chi connectivity index (χ2n) is 5.37. The number of anilines is 1. The van der Waals surface area contributed by atoms with E-state index >= 15 is 0 Å². The van der Waals surface area contributed by atoms with Crippen LogP contribution in [0, 0.1) is 0 Å². The van der Waals surface area contributed by atoms with Gasteiger partial charge in [0.15, 0.2) is 5.16 Å². The minimum absolute atomic E-state index is 0.156. The molecule has 0 aliphatic carbocycles. The molecular formula is C16H20ClN5O2S. The van der Waals surface area contributed by atoms with Gasteiger partial charge in [-0.25, -0.2) is 0 Å². The van der Waals surface area contributed by atoms with Crippen LogP contribution in [-0.4, -0.2) is 31.8 Å². The smallest absolute Gasteiger partial charge is 0.237 e. The molecule has 25 heavy (non-hydrogen) atoms. The van der Waals surface area contributed by atoms with Crippen LogP contribution in [0.2, 0.25) is 5.02 Å². The molecule has 2 aromatic rings. The lowest BCUT2D eigenvalue weighted by molar-refractivity contribution is -0.118. The standard InChI is InChI=1S/C16H20ClN5O2S/c1-3-22-14(8-7-13(18)23)20-21-16(22)25-10(2)15(24)19-12-6-4-5-11(17)9-12/h4-6,9-10H,3,7-8H2,1-2H3,(H2,18,23)(H,19,24)/t10-/m1/s1. The zero-order valence-corrected chi connectivity index (χ0v) is 15.6. The molecule has 0 bridgehead atoms. The van der Waals surface area contributed by atoms with E-state index in [2.05, 4.69) is 15.5 Å². The highest BCUT2D eigenvalue weighted by atomic mass is 35.5. The van der Waals surface area contributed by atoms with E-state index in [1.807, 2.05) is 11.5 Å². The Morgan fingerprint density at radius 3 is 2.80 bits per heavy atom. The number of hydrogen-bond donors (Lipinski definition) is 2. The number of nitrogens with one attached hydrogen (secondary N) is 1. The molecule has 0 spiro atoms. The predicted molar refractivity (Wildman–Crippen MR) is 98.6 cm³/mol. The summed E-state index contributed by atoms with van der Waals surface area (Å²) in [6.07, 6.45) is 0.646. The Morgan fingerprint density at radius 1 is 1.40 bits per heavy atom. The van der Waals surface area contributed by atoms with Crippen molar-refractivity contribution in [1.29, 1.82) is 0 Å². The molecule has 1 heterocycles. The SMILES string of the molecule is CCn1c(CCC(N)=O)nnc1S[C@H](C)C(=O)Nc1cccc(Cl)c1. The van der Waals surface area contributed by atoms with Gasteiger partial charge in [0.2, 0.25) is 11.8 Å². The quantitative estimate of drug-likeness (QED) is 0.684. The summed E-state index contributed by atoms with van der Waals surface area (Å²) in [5.74, 6) is 0.150. The Balaban J connectivity index is 2.02. The number of thioether (sulfide) groups is 1. The van der Waals surface area contributed by atoms with Gasteiger partial charge < -0.3 is 15.6 Å². The average Bonchev–Trinajstić information content (AvgIpc) is 2.94. The van der Waals surface area contributed by atoms with Crippen molar-refractivity contribution >= 4 is 40.9 Å². The van der Waals surface area contributed by atoms with Gasteiger partial charge in [0.1, 0.15) is 5.82 Å². The molecule has 0 fully saturated rings. The number of nitrogens with zero attached hydrogens (tertiary/aromatic N) is 3. The first-order chi connectivity index (χ1) is 11.9. The van der Waals surface area contributed by atoms with Crippen molar-refractivity contribution in [2.75, 3.05) is 5.32 Å². The predicted octanol–water partition coefficient (Wildman–Crippen LogP) is 2.49. The van der Waals surface area contributed by atoms with Gasteiger partial charge in [-0.05, 0) is 32.0 Å². The average molecular weight is 382 g/mol. The molecule has 9 heteroatoms. The third-order valence-electron chi connectivity index (χ3n) is 3.45. The van der Waals surface area contributed by atoms with E-state index in [9.17, 15) is 9.59 Å². The highest BCUT2D eigenvalue weighted by Crippen LogP contribution is 2.24. The van der Waals surface area contributed by atoms with Gasteiger partial charge in [0.25, 0.3) is 0 Å². The lowest BCUT2D eigenvalue weighted by Gasteiger charge is -2.13. The molecule has 2 amide bonds. The monoisotopic (exact) mass is 381 g/mol. The number of aromatic nitrogens is 3. The van der Waals surface area contributed by atoms with Crippen LogP contribution in [0.25, 0.3) is 0 Å². The summed E-state index contributed by atoms with van der Waals surface area (Å²) in [6, 6.07) is 6.98. The van der Waals surface area contributed by atoms with Crippen LogP contribution >= 0.6 is 23.4 Å². The number of nitrogens with two attached hydrogens (primary N) is 1. The molecule has 1 atom stereocenters. The number of carbonyl (C=O) groups excluding carboxylic acids is 2. The van der Waals surface area contributed by atoms with Crippen LogP contribution in [-0.2, 0) is 22.6 Å². The summed E-state index contributed by atoms with van der Waals surface area (Å²) in [5.41, 5.74) is 5.82. The van der Waals surface area contributed by atoms with Crippen LogP contribution in [0.3, 0.4) is 0 Å². The van der Waals surface area contributed by atoms with Crippen molar-refractivity contribution in [2.24, 2.45) is 5.73 Å². The van der Waals surface area contributed by atoms with Crippen LogP contribution in [0.4, 0.5) is 5.69 Å². The second-order valence-corrected chi connectivity index (χ2v) is 7.11. The fraction of sp³-hybridized carbons (Fsp3) is 0.375. The van der Waals surface area contributed by atoms with Gasteiger partial charge >= 0.3 is 0 Å². The molecular weight excluding hydrogens is 362 g/mol. The van der Waals surface area contributed by atoms with Crippen LogP contribution in [0.15, 0.2) is 29.4 Å². The van der Waals surface area contributed by atoms with Gasteiger partial charge in [0, 0.05) is 30.1 Å². The largest absolute Gasteiger partial charge is 0.370 e. The number of primary amides is 1. The zero-order chi connectivity index (χ0) is 18.4. The minimum Gasteiger partial charge on any atom is -0.370 e. The van der Waals surface area contributed by atoms with E-state index in [-0.39, 0.29) is 23.5 Å². The minimum atomic E-state index is -0.380. The molecule has 0 aliphatic heterocycles. The Bertz CT molecular complexity index is 765. The number of hydrogen-bond acceptors (Lipinski definition) is 5. The van der Waals surface area contributed by atoms with E-state index in [4.69, 9.17) is 17.3 Å². The molecule has 0 aliphatic rings. The van der Waals surface area contributed by atoms with Gasteiger partial charge in [-0.1, -0.05) is 29.4 Å². The Morgan fingerprint density at radius 2 is 2.16 bits per heavy atom. The summed E-state index contributed by atoms with van der Waals surface area (Å²) >= 11 is 7.23. The number of carbonyl (C=O) groups is 2. The topological polar surface area (TPSA) is 103 Å². The van der Waals surface area contributed by atoms with E-state index in [1.165, 1.54) is 11.8 Å². The Labute approximate surface area is 155 Å². The van der Waals surface area contributed by atoms with Crippen molar-refractivity contribution in [3.05, 3.63) is 35.1 Å². The van der Waals surface area contributed by atoms with E-state index in [0.29, 0.717) is 34.7 Å². The van der Waals surface area contributed by atoms with Gasteiger partial charge in [-0.3, -0.25) is 9.59 Å². The highest BCUT2D eigenvalue weighted by Gasteiger charge is 2.20. The molecule has 0 saturated heterocycles. The summed E-state index contributed by atoms with van der Waals surface area (Å²) < 4.78 is 1.89. The lowest BCUT2D eigenvalue weighted by atomic mass is 10.3. The van der Waals surface area contributed by atoms with Crippen molar-refractivity contribution in [3.63, 3.8) is 0 Å². The number of amides is 2. The van der Waals surface area contributed by atoms with E-state index in [0.717, 1.165) is 0 Å². The summed E-state index contributed by atoms with van der Waals surface area (Å²) in [7, 11) is 0. The first-order valence-electron chi connectivity index (χ1n) is 7.84. The molecule has 1 aromatic carbocycles.